The molecule has 1 saturated heterocycles. The van der Waals surface area contributed by atoms with Gasteiger partial charge in [-0.25, -0.2) is 9.97 Å². The maximum absolute atomic E-state index is 12.1. The number of anilines is 1. The van der Waals surface area contributed by atoms with Crippen molar-refractivity contribution in [2.24, 2.45) is 0 Å². The molecule has 5 nitrogen and oxygen atoms in total. The summed E-state index contributed by atoms with van der Waals surface area (Å²) < 4.78 is 0. The van der Waals surface area contributed by atoms with E-state index in [1.54, 1.807) is 6.20 Å². The lowest BCUT2D eigenvalue weighted by atomic mass is 10.2. The van der Waals surface area contributed by atoms with Crippen LogP contribution in [0.2, 0.25) is 5.28 Å². The number of nitrogens with one attached hydrogen (secondary N) is 1. The summed E-state index contributed by atoms with van der Waals surface area (Å²) in [6.45, 7) is 5.44. The first-order valence-electron chi connectivity index (χ1n) is 6.12. The zero-order valence-corrected chi connectivity index (χ0v) is 11.4. The van der Waals surface area contributed by atoms with E-state index in [9.17, 15) is 4.79 Å². The Bertz CT molecular complexity index is 446. The van der Waals surface area contributed by atoms with Gasteiger partial charge in [0.25, 0.3) is 0 Å². The van der Waals surface area contributed by atoms with E-state index in [2.05, 4.69) is 15.3 Å². The molecule has 1 aliphatic rings. The van der Waals surface area contributed by atoms with E-state index < -0.39 is 0 Å². The molecule has 0 saturated carbocycles. The zero-order valence-electron chi connectivity index (χ0n) is 10.6. The second-order valence-electron chi connectivity index (χ2n) is 4.57. The van der Waals surface area contributed by atoms with E-state index in [1.807, 2.05) is 18.7 Å². The summed E-state index contributed by atoms with van der Waals surface area (Å²) in [7, 11) is 0. The van der Waals surface area contributed by atoms with E-state index in [4.69, 9.17) is 11.6 Å². The summed E-state index contributed by atoms with van der Waals surface area (Å²) in [5.74, 6) is 0.733. The SMILES string of the molecule is Cc1cnc(Cl)nc1NC(C)C(=O)N1CCCC1. The molecule has 1 unspecified atom stereocenters. The first-order chi connectivity index (χ1) is 8.58. The third kappa shape index (κ3) is 2.90. The highest BCUT2D eigenvalue weighted by atomic mass is 35.5. The summed E-state index contributed by atoms with van der Waals surface area (Å²) in [5, 5.41) is 3.29. The molecule has 1 fully saturated rings. The van der Waals surface area contributed by atoms with E-state index >= 15 is 0 Å². The number of hydrogen-bond donors (Lipinski definition) is 1. The maximum atomic E-state index is 12.1. The fourth-order valence-corrected chi connectivity index (χ4v) is 2.18. The lowest BCUT2D eigenvalue weighted by Crippen LogP contribution is -2.39. The standard InChI is InChI=1S/C12H17ClN4O/c1-8-7-14-12(13)16-10(8)15-9(2)11(18)17-5-3-4-6-17/h7,9H,3-6H2,1-2H3,(H,14,15,16). The molecule has 0 aliphatic carbocycles. The van der Waals surface area contributed by atoms with Gasteiger partial charge in [-0.2, -0.15) is 0 Å². The van der Waals surface area contributed by atoms with Crippen molar-refractivity contribution in [3.05, 3.63) is 17.0 Å². The van der Waals surface area contributed by atoms with Gasteiger partial charge in [-0.1, -0.05) is 0 Å². The lowest BCUT2D eigenvalue weighted by Gasteiger charge is -2.22. The molecule has 1 amide bonds. The Morgan fingerprint density at radius 2 is 2.17 bits per heavy atom. The van der Waals surface area contributed by atoms with Gasteiger partial charge in [0.15, 0.2) is 0 Å². The molecule has 6 heteroatoms. The first kappa shape index (κ1) is 13.1. The van der Waals surface area contributed by atoms with Crippen LogP contribution in [0, 0.1) is 6.92 Å². The molecule has 0 aromatic carbocycles. The van der Waals surface area contributed by atoms with Crippen LogP contribution in [0.5, 0.6) is 0 Å². The van der Waals surface area contributed by atoms with Crippen LogP contribution in [0.3, 0.4) is 0 Å². The number of carbonyl (C=O) groups excluding carboxylic acids is 1. The smallest absolute Gasteiger partial charge is 0.244 e. The number of carbonyl (C=O) groups is 1. The quantitative estimate of drug-likeness (QED) is 0.850. The third-order valence-electron chi connectivity index (χ3n) is 3.08. The number of aromatic nitrogens is 2. The number of amides is 1. The Hall–Kier alpha value is -1.36. The van der Waals surface area contributed by atoms with Gasteiger partial charge in [0, 0.05) is 24.8 Å². The van der Waals surface area contributed by atoms with Gasteiger partial charge < -0.3 is 10.2 Å². The number of rotatable bonds is 3. The summed E-state index contributed by atoms with van der Waals surface area (Å²) in [4.78, 5) is 22.0. The normalized spacial score (nSPS) is 16.7. The minimum atomic E-state index is -0.298. The largest absolute Gasteiger partial charge is 0.358 e. The van der Waals surface area contributed by atoms with Gasteiger partial charge >= 0.3 is 0 Å². The van der Waals surface area contributed by atoms with Crippen molar-refractivity contribution in [2.45, 2.75) is 32.7 Å². The Kier molecular flexibility index (Phi) is 4.01. The van der Waals surface area contributed by atoms with Gasteiger partial charge in [-0.15, -0.1) is 0 Å². The van der Waals surface area contributed by atoms with Gasteiger partial charge in [0.05, 0.1) is 0 Å². The monoisotopic (exact) mass is 268 g/mol. The molecule has 1 aliphatic heterocycles. The van der Waals surface area contributed by atoms with Crippen LogP contribution in [-0.4, -0.2) is 39.9 Å². The second kappa shape index (κ2) is 5.52. The Labute approximate surface area is 112 Å². The molecule has 1 aromatic rings. The molecule has 1 atom stereocenters. The molecular formula is C12H17ClN4O. The summed E-state index contributed by atoms with van der Waals surface area (Å²) >= 11 is 5.75. The average Bonchev–Trinajstić information content (AvgIpc) is 2.86. The van der Waals surface area contributed by atoms with Crippen LogP contribution in [-0.2, 0) is 4.79 Å². The zero-order chi connectivity index (χ0) is 13.1. The predicted molar refractivity (Wildman–Crippen MR) is 70.7 cm³/mol. The van der Waals surface area contributed by atoms with Crippen LogP contribution in [0.1, 0.15) is 25.3 Å². The van der Waals surface area contributed by atoms with Gasteiger partial charge in [-0.05, 0) is 38.3 Å². The first-order valence-corrected chi connectivity index (χ1v) is 6.50. The van der Waals surface area contributed by atoms with Crippen molar-refractivity contribution in [1.82, 2.24) is 14.9 Å². The molecule has 0 bridgehead atoms. The van der Waals surface area contributed by atoms with E-state index in [0.29, 0.717) is 5.82 Å². The van der Waals surface area contributed by atoms with Crippen LogP contribution in [0.25, 0.3) is 0 Å². The highest BCUT2D eigenvalue weighted by molar-refractivity contribution is 6.28. The minimum absolute atomic E-state index is 0.113. The summed E-state index contributed by atoms with van der Waals surface area (Å²) in [6.07, 6.45) is 3.83. The van der Waals surface area contributed by atoms with E-state index in [-0.39, 0.29) is 17.2 Å². The number of halogens is 1. The molecular weight excluding hydrogens is 252 g/mol. The Morgan fingerprint density at radius 1 is 1.50 bits per heavy atom. The van der Waals surface area contributed by atoms with Gasteiger partial charge in [0.2, 0.25) is 11.2 Å². The number of likely N-dealkylation sites (tertiary alicyclic amines) is 1. The summed E-state index contributed by atoms with van der Waals surface area (Å²) in [6, 6.07) is -0.298. The van der Waals surface area contributed by atoms with E-state index in [1.165, 1.54) is 0 Å². The van der Waals surface area contributed by atoms with Crippen molar-refractivity contribution in [3.63, 3.8) is 0 Å². The number of nitrogens with zero attached hydrogens (tertiary/aromatic N) is 3. The number of aryl methyl sites for hydroxylation is 1. The third-order valence-corrected chi connectivity index (χ3v) is 3.27. The fourth-order valence-electron chi connectivity index (χ4n) is 2.04. The Balaban J connectivity index is 2.03. The van der Waals surface area contributed by atoms with Crippen molar-refractivity contribution in [2.75, 3.05) is 18.4 Å². The molecule has 1 N–H and O–H groups in total. The lowest BCUT2D eigenvalue weighted by molar-refractivity contribution is -0.130. The van der Waals surface area contributed by atoms with Crippen LogP contribution >= 0.6 is 11.6 Å². The molecule has 18 heavy (non-hydrogen) atoms. The molecule has 1 aromatic heterocycles. The topological polar surface area (TPSA) is 58.1 Å². The molecule has 0 spiro atoms. The second-order valence-corrected chi connectivity index (χ2v) is 4.91. The van der Waals surface area contributed by atoms with E-state index in [0.717, 1.165) is 31.5 Å². The summed E-state index contributed by atoms with van der Waals surface area (Å²) in [5.41, 5.74) is 0.875. The predicted octanol–water partition coefficient (Wildman–Crippen LogP) is 1.86. The fraction of sp³-hybridized carbons (Fsp3) is 0.583. The maximum Gasteiger partial charge on any atom is 0.244 e. The number of hydrogen-bond acceptors (Lipinski definition) is 4. The van der Waals surface area contributed by atoms with Crippen LogP contribution in [0.15, 0.2) is 6.20 Å². The minimum Gasteiger partial charge on any atom is -0.358 e. The molecule has 2 rings (SSSR count). The highest BCUT2D eigenvalue weighted by Crippen LogP contribution is 2.15. The highest BCUT2D eigenvalue weighted by Gasteiger charge is 2.23. The van der Waals surface area contributed by atoms with Crippen LogP contribution < -0.4 is 5.32 Å². The molecule has 0 radical (unpaired) electrons. The molecule has 2 heterocycles. The van der Waals surface area contributed by atoms with Crippen molar-refractivity contribution in [1.29, 1.82) is 0 Å². The van der Waals surface area contributed by atoms with Gasteiger partial charge in [0.1, 0.15) is 11.9 Å². The van der Waals surface area contributed by atoms with Gasteiger partial charge in [-0.3, -0.25) is 4.79 Å². The average molecular weight is 269 g/mol. The molecule has 98 valence electrons. The van der Waals surface area contributed by atoms with Crippen molar-refractivity contribution >= 4 is 23.3 Å². The Morgan fingerprint density at radius 3 is 2.83 bits per heavy atom. The van der Waals surface area contributed by atoms with Crippen LogP contribution in [0.4, 0.5) is 5.82 Å². The van der Waals surface area contributed by atoms with Crippen molar-refractivity contribution < 1.29 is 4.79 Å². The van der Waals surface area contributed by atoms with Crippen molar-refractivity contribution in [3.8, 4) is 0 Å².